The minimum absolute atomic E-state index is 0.120. The number of ether oxygens (including phenoxy) is 1. The molecule has 0 aliphatic heterocycles. The molecule has 3 aromatic rings. The third-order valence-electron chi connectivity index (χ3n) is 3.70. The van der Waals surface area contributed by atoms with Crippen LogP contribution in [-0.2, 0) is 9.59 Å². The maximum absolute atomic E-state index is 12.1. The fourth-order valence-corrected chi connectivity index (χ4v) is 2.93. The molecular formula is C20H20N4O4S. The predicted octanol–water partition coefficient (Wildman–Crippen LogP) is 3.87. The number of nitrogens with zero attached hydrogens (tertiary/aromatic N) is 2. The second-order valence-corrected chi connectivity index (χ2v) is 7.44. The van der Waals surface area contributed by atoms with E-state index >= 15 is 0 Å². The number of benzene rings is 1. The lowest BCUT2D eigenvalue weighted by atomic mass is 10.3. The van der Waals surface area contributed by atoms with Gasteiger partial charge in [-0.15, -0.1) is 11.8 Å². The standard InChI is InChI=1S/C20H20N4O4S/c1-13-10-17(24-28-13)23-20(26)14(2)29-12-18(25)22-15-8-9-19(21-11-15)27-16-6-4-3-5-7-16/h3-11,14H,12H2,1-2H3,(H,22,25)(H,23,24,26)/t14-/m0/s1. The zero-order valence-electron chi connectivity index (χ0n) is 15.9. The van der Waals surface area contributed by atoms with Crippen LogP contribution in [0.2, 0.25) is 0 Å². The van der Waals surface area contributed by atoms with E-state index in [1.807, 2.05) is 30.3 Å². The van der Waals surface area contributed by atoms with E-state index in [2.05, 4.69) is 20.8 Å². The monoisotopic (exact) mass is 412 g/mol. The van der Waals surface area contributed by atoms with Gasteiger partial charge in [-0.05, 0) is 32.0 Å². The fraction of sp³-hybridized carbons (Fsp3) is 0.200. The van der Waals surface area contributed by atoms with Gasteiger partial charge in [0.1, 0.15) is 11.5 Å². The van der Waals surface area contributed by atoms with E-state index in [1.165, 1.54) is 18.0 Å². The van der Waals surface area contributed by atoms with Gasteiger partial charge in [-0.25, -0.2) is 4.98 Å². The first kappa shape index (κ1) is 20.4. The maximum atomic E-state index is 12.1. The van der Waals surface area contributed by atoms with Crippen LogP contribution >= 0.6 is 11.8 Å². The Balaban J connectivity index is 1.43. The number of para-hydroxylation sites is 1. The normalized spacial score (nSPS) is 11.5. The van der Waals surface area contributed by atoms with E-state index in [-0.39, 0.29) is 17.6 Å². The van der Waals surface area contributed by atoms with Crippen molar-refractivity contribution in [2.45, 2.75) is 19.1 Å². The van der Waals surface area contributed by atoms with E-state index < -0.39 is 5.25 Å². The molecule has 0 bridgehead atoms. The summed E-state index contributed by atoms with van der Waals surface area (Å²) in [5.74, 6) is 1.71. The molecule has 3 rings (SSSR count). The molecule has 2 aromatic heterocycles. The van der Waals surface area contributed by atoms with Crippen molar-refractivity contribution >= 4 is 35.1 Å². The van der Waals surface area contributed by atoms with Gasteiger partial charge < -0.3 is 19.9 Å². The smallest absolute Gasteiger partial charge is 0.238 e. The summed E-state index contributed by atoms with van der Waals surface area (Å²) in [4.78, 5) is 28.4. The van der Waals surface area contributed by atoms with Gasteiger partial charge in [0.25, 0.3) is 0 Å². The predicted molar refractivity (Wildman–Crippen MR) is 111 cm³/mol. The Morgan fingerprint density at radius 1 is 1.17 bits per heavy atom. The molecule has 0 aliphatic rings. The Bertz CT molecular complexity index is 960. The highest BCUT2D eigenvalue weighted by atomic mass is 32.2. The van der Waals surface area contributed by atoms with Crippen LogP contribution in [0.3, 0.4) is 0 Å². The first-order chi connectivity index (χ1) is 14.0. The molecule has 2 heterocycles. The lowest BCUT2D eigenvalue weighted by Gasteiger charge is -2.11. The molecule has 1 atom stereocenters. The Kier molecular flexibility index (Phi) is 6.85. The minimum Gasteiger partial charge on any atom is -0.439 e. The number of amides is 2. The van der Waals surface area contributed by atoms with E-state index in [4.69, 9.17) is 9.26 Å². The first-order valence-corrected chi connectivity index (χ1v) is 9.89. The van der Waals surface area contributed by atoms with Gasteiger partial charge >= 0.3 is 0 Å². The summed E-state index contributed by atoms with van der Waals surface area (Å²) in [6, 6.07) is 14.3. The quantitative estimate of drug-likeness (QED) is 0.578. The number of nitrogens with one attached hydrogen (secondary N) is 2. The number of carbonyl (C=O) groups is 2. The van der Waals surface area contributed by atoms with E-state index in [0.717, 1.165) is 0 Å². The Labute approximate surface area is 172 Å². The zero-order valence-corrected chi connectivity index (χ0v) is 16.7. The molecule has 8 nitrogen and oxygen atoms in total. The van der Waals surface area contributed by atoms with Gasteiger partial charge in [0, 0.05) is 12.1 Å². The topological polar surface area (TPSA) is 106 Å². The molecule has 2 N–H and O–H groups in total. The fourth-order valence-electron chi connectivity index (χ4n) is 2.25. The van der Waals surface area contributed by atoms with E-state index in [0.29, 0.717) is 28.9 Å². The van der Waals surface area contributed by atoms with Crippen molar-refractivity contribution in [1.82, 2.24) is 10.1 Å². The van der Waals surface area contributed by atoms with Crippen molar-refractivity contribution in [1.29, 1.82) is 0 Å². The third-order valence-corrected chi connectivity index (χ3v) is 4.84. The van der Waals surface area contributed by atoms with Crippen LogP contribution in [0.4, 0.5) is 11.5 Å². The van der Waals surface area contributed by atoms with E-state index in [1.54, 1.807) is 32.0 Å². The second-order valence-electron chi connectivity index (χ2n) is 6.11. The molecule has 0 radical (unpaired) electrons. The minimum atomic E-state index is -0.433. The molecule has 9 heteroatoms. The van der Waals surface area contributed by atoms with Crippen LogP contribution in [0.1, 0.15) is 12.7 Å². The average Bonchev–Trinajstić information content (AvgIpc) is 3.13. The van der Waals surface area contributed by atoms with Crippen molar-refractivity contribution in [2.24, 2.45) is 0 Å². The van der Waals surface area contributed by atoms with Gasteiger partial charge in [0.15, 0.2) is 5.82 Å². The van der Waals surface area contributed by atoms with Gasteiger partial charge in [-0.3, -0.25) is 9.59 Å². The van der Waals surface area contributed by atoms with Gasteiger partial charge in [-0.2, -0.15) is 0 Å². The SMILES string of the molecule is Cc1cc(NC(=O)[C@H](C)SCC(=O)Nc2ccc(Oc3ccccc3)nc2)no1. The van der Waals surface area contributed by atoms with Gasteiger partial charge in [0.05, 0.1) is 22.9 Å². The largest absolute Gasteiger partial charge is 0.439 e. The molecule has 0 aliphatic carbocycles. The molecule has 2 amide bonds. The van der Waals surface area contributed by atoms with Crippen LogP contribution in [0, 0.1) is 6.92 Å². The van der Waals surface area contributed by atoms with Crippen molar-refractivity contribution in [3.05, 3.63) is 60.5 Å². The van der Waals surface area contributed by atoms with Crippen molar-refractivity contribution in [3.63, 3.8) is 0 Å². The molecular weight excluding hydrogens is 392 g/mol. The molecule has 0 saturated heterocycles. The van der Waals surface area contributed by atoms with Crippen molar-refractivity contribution in [3.8, 4) is 11.6 Å². The molecule has 0 spiro atoms. The Hall–Kier alpha value is -3.33. The third kappa shape index (κ3) is 6.35. The number of hydrogen-bond donors (Lipinski definition) is 2. The van der Waals surface area contributed by atoms with Crippen molar-refractivity contribution in [2.75, 3.05) is 16.4 Å². The number of carbonyl (C=O) groups excluding carboxylic acids is 2. The van der Waals surface area contributed by atoms with Crippen molar-refractivity contribution < 1.29 is 18.8 Å². The number of thioether (sulfide) groups is 1. The van der Waals surface area contributed by atoms with E-state index in [9.17, 15) is 9.59 Å². The maximum Gasteiger partial charge on any atom is 0.238 e. The number of rotatable bonds is 8. The highest BCUT2D eigenvalue weighted by Gasteiger charge is 2.17. The Morgan fingerprint density at radius 3 is 2.62 bits per heavy atom. The molecule has 0 fully saturated rings. The molecule has 1 aromatic carbocycles. The average molecular weight is 412 g/mol. The Morgan fingerprint density at radius 2 is 1.97 bits per heavy atom. The highest BCUT2D eigenvalue weighted by Crippen LogP contribution is 2.20. The summed E-state index contributed by atoms with van der Waals surface area (Å²) in [5, 5.41) is 8.66. The molecule has 0 saturated carbocycles. The summed E-state index contributed by atoms with van der Waals surface area (Å²) in [7, 11) is 0. The molecule has 29 heavy (non-hydrogen) atoms. The first-order valence-electron chi connectivity index (χ1n) is 8.84. The second kappa shape index (κ2) is 9.74. The molecule has 150 valence electrons. The lowest BCUT2D eigenvalue weighted by Crippen LogP contribution is -2.25. The van der Waals surface area contributed by atoms with Crippen LogP contribution in [0.5, 0.6) is 11.6 Å². The molecule has 0 unspecified atom stereocenters. The number of aromatic nitrogens is 2. The lowest BCUT2D eigenvalue weighted by molar-refractivity contribution is -0.115. The number of pyridine rings is 1. The summed E-state index contributed by atoms with van der Waals surface area (Å²) >= 11 is 1.22. The summed E-state index contributed by atoms with van der Waals surface area (Å²) in [6.07, 6.45) is 1.52. The summed E-state index contributed by atoms with van der Waals surface area (Å²) in [6.45, 7) is 3.46. The van der Waals surface area contributed by atoms with Crippen LogP contribution in [0.15, 0.2) is 59.3 Å². The number of hydrogen-bond acceptors (Lipinski definition) is 7. The highest BCUT2D eigenvalue weighted by molar-refractivity contribution is 8.01. The van der Waals surface area contributed by atoms with Crippen LogP contribution < -0.4 is 15.4 Å². The van der Waals surface area contributed by atoms with Crippen LogP contribution in [-0.4, -0.2) is 33.0 Å². The van der Waals surface area contributed by atoms with Crippen LogP contribution in [0.25, 0.3) is 0 Å². The number of anilines is 2. The zero-order chi connectivity index (χ0) is 20.6. The summed E-state index contributed by atoms with van der Waals surface area (Å²) in [5.41, 5.74) is 0.547. The van der Waals surface area contributed by atoms with Gasteiger partial charge in [0.2, 0.25) is 17.7 Å². The summed E-state index contributed by atoms with van der Waals surface area (Å²) < 4.78 is 10.5. The van der Waals surface area contributed by atoms with Gasteiger partial charge in [-0.1, -0.05) is 23.4 Å². The number of aryl methyl sites for hydroxylation is 1.